The van der Waals surface area contributed by atoms with Gasteiger partial charge in [0.15, 0.2) is 0 Å². The van der Waals surface area contributed by atoms with Gasteiger partial charge in [0, 0.05) is 11.5 Å². The van der Waals surface area contributed by atoms with Crippen LogP contribution in [0.5, 0.6) is 0 Å². The third-order valence-electron chi connectivity index (χ3n) is 1.70. The molecule has 0 spiro atoms. The Balaban J connectivity index is 2.59. The standard InChI is InChI=1S/C6H10N4O/c7-10-9-5-3-1-2-4-8-6(5)11/h5H,1-4H2,(H,8,11). The van der Waals surface area contributed by atoms with Gasteiger partial charge in [0.2, 0.25) is 5.91 Å². The molecular weight excluding hydrogens is 144 g/mol. The second-order valence-corrected chi connectivity index (χ2v) is 2.51. The van der Waals surface area contributed by atoms with Gasteiger partial charge in [0.05, 0.1) is 0 Å². The van der Waals surface area contributed by atoms with Crippen molar-refractivity contribution in [2.24, 2.45) is 5.11 Å². The fourth-order valence-electron chi connectivity index (χ4n) is 1.10. The molecule has 1 aliphatic rings. The molecule has 1 aliphatic heterocycles. The molecule has 1 amide bonds. The van der Waals surface area contributed by atoms with Crippen molar-refractivity contribution in [1.29, 1.82) is 0 Å². The minimum Gasteiger partial charge on any atom is -0.356 e. The number of nitrogens with zero attached hydrogens (tertiary/aromatic N) is 3. The molecule has 5 heteroatoms. The first kappa shape index (κ1) is 7.88. The van der Waals surface area contributed by atoms with E-state index in [-0.39, 0.29) is 5.91 Å². The van der Waals surface area contributed by atoms with Crippen LogP contribution in [0.25, 0.3) is 10.4 Å². The Hall–Kier alpha value is -1.22. The second kappa shape index (κ2) is 3.83. The van der Waals surface area contributed by atoms with Gasteiger partial charge in [-0.25, -0.2) is 0 Å². The quantitative estimate of drug-likeness (QED) is 0.341. The molecule has 1 saturated heterocycles. The Kier molecular flexibility index (Phi) is 2.74. The van der Waals surface area contributed by atoms with Gasteiger partial charge in [-0.15, -0.1) is 0 Å². The Morgan fingerprint density at radius 1 is 1.64 bits per heavy atom. The molecule has 1 heterocycles. The van der Waals surface area contributed by atoms with E-state index in [0.717, 1.165) is 12.8 Å². The van der Waals surface area contributed by atoms with Crippen molar-refractivity contribution >= 4 is 5.91 Å². The molecule has 1 rings (SSSR count). The predicted octanol–water partition coefficient (Wildman–Crippen LogP) is 0.965. The van der Waals surface area contributed by atoms with Gasteiger partial charge in [0.1, 0.15) is 6.04 Å². The van der Waals surface area contributed by atoms with Crippen LogP contribution >= 0.6 is 0 Å². The number of azide groups is 1. The fourth-order valence-corrected chi connectivity index (χ4v) is 1.10. The SMILES string of the molecule is [N-]=[N+]=NC1CCCCNC1=O. The lowest BCUT2D eigenvalue weighted by molar-refractivity contribution is -0.122. The number of amides is 1. The van der Waals surface area contributed by atoms with Crippen molar-refractivity contribution in [2.75, 3.05) is 6.54 Å². The maximum absolute atomic E-state index is 11.0. The van der Waals surface area contributed by atoms with E-state index in [0.29, 0.717) is 13.0 Å². The van der Waals surface area contributed by atoms with E-state index in [1.54, 1.807) is 0 Å². The molecule has 0 saturated carbocycles. The van der Waals surface area contributed by atoms with Crippen molar-refractivity contribution < 1.29 is 4.79 Å². The van der Waals surface area contributed by atoms with Gasteiger partial charge in [-0.1, -0.05) is 11.5 Å². The Morgan fingerprint density at radius 3 is 3.18 bits per heavy atom. The number of carbonyl (C=O) groups excluding carboxylic acids is 1. The van der Waals surface area contributed by atoms with Gasteiger partial charge >= 0.3 is 0 Å². The van der Waals surface area contributed by atoms with Crippen molar-refractivity contribution in [3.05, 3.63) is 10.4 Å². The van der Waals surface area contributed by atoms with E-state index in [4.69, 9.17) is 5.53 Å². The van der Waals surface area contributed by atoms with Crippen LogP contribution in [-0.2, 0) is 4.79 Å². The molecule has 60 valence electrons. The van der Waals surface area contributed by atoms with Crippen LogP contribution in [0.4, 0.5) is 0 Å². The van der Waals surface area contributed by atoms with E-state index in [1.807, 2.05) is 0 Å². The Morgan fingerprint density at radius 2 is 2.45 bits per heavy atom. The topological polar surface area (TPSA) is 77.9 Å². The number of rotatable bonds is 1. The first-order valence-electron chi connectivity index (χ1n) is 3.66. The third kappa shape index (κ3) is 2.13. The number of hydrogen-bond acceptors (Lipinski definition) is 2. The smallest absolute Gasteiger partial charge is 0.229 e. The molecule has 1 unspecified atom stereocenters. The van der Waals surface area contributed by atoms with Gasteiger partial charge in [0.25, 0.3) is 0 Å². The van der Waals surface area contributed by atoms with Crippen molar-refractivity contribution in [3.8, 4) is 0 Å². The van der Waals surface area contributed by atoms with Crippen molar-refractivity contribution in [1.82, 2.24) is 5.32 Å². The summed E-state index contributed by atoms with van der Waals surface area (Å²) in [5.41, 5.74) is 8.11. The maximum atomic E-state index is 11.0. The summed E-state index contributed by atoms with van der Waals surface area (Å²) in [6.45, 7) is 0.705. The molecular formula is C6H10N4O. The normalized spacial score (nSPS) is 24.7. The average Bonchev–Trinajstić information content (AvgIpc) is 2.18. The molecule has 0 bridgehead atoms. The van der Waals surface area contributed by atoms with Gasteiger partial charge in [-0.05, 0) is 18.4 Å². The minimum atomic E-state index is -0.484. The van der Waals surface area contributed by atoms with E-state index < -0.39 is 6.04 Å². The van der Waals surface area contributed by atoms with Crippen LogP contribution < -0.4 is 5.32 Å². The lowest BCUT2D eigenvalue weighted by Gasteiger charge is -2.03. The van der Waals surface area contributed by atoms with E-state index in [1.165, 1.54) is 0 Å². The summed E-state index contributed by atoms with van der Waals surface area (Å²) in [4.78, 5) is 13.6. The van der Waals surface area contributed by atoms with Gasteiger partial charge < -0.3 is 5.32 Å². The number of nitrogens with one attached hydrogen (secondary N) is 1. The highest BCUT2D eigenvalue weighted by Gasteiger charge is 2.18. The summed E-state index contributed by atoms with van der Waals surface area (Å²) >= 11 is 0. The Labute approximate surface area is 64.4 Å². The lowest BCUT2D eigenvalue weighted by atomic mass is 10.1. The minimum absolute atomic E-state index is 0.139. The molecule has 0 aromatic heterocycles. The predicted molar refractivity (Wildman–Crippen MR) is 39.8 cm³/mol. The molecule has 0 aliphatic carbocycles. The van der Waals surface area contributed by atoms with Crippen LogP contribution in [-0.4, -0.2) is 18.5 Å². The first-order chi connectivity index (χ1) is 5.34. The molecule has 5 nitrogen and oxygen atoms in total. The zero-order valence-corrected chi connectivity index (χ0v) is 6.16. The largest absolute Gasteiger partial charge is 0.356 e. The summed E-state index contributed by atoms with van der Waals surface area (Å²) < 4.78 is 0. The Bertz CT molecular complexity index is 197. The van der Waals surface area contributed by atoms with Crippen molar-refractivity contribution in [3.63, 3.8) is 0 Å². The second-order valence-electron chi connectivity index (χ2n) is 2.51. The van der Waals surface area contributed by atoms with E-state index >= 15 is 0 Å². The summed E-state index contributed by atoms with van der Waals surface area (Å²) in [7, 11) is 0. The van der Waals surface area contributed by atoms with E-state index in [2.05, 4.69) is 15.3 Å². The highest BCUT2D eigenvalue weighted by Crippen LogP contribution is 2.08. The average molecular weight is 154 g/mol. The fraction of sp³-hybridized carbons (Fsp3) is 0.833. The zero-order chi connectivity index (χ0) is 8.10. The van der Waals surface area contributed by atoms with Crippen LogP contribution in [0.2, 0.25) is 0 Å². The zero-order valence-electron chi connectivity index (χ0n) is 6.16. The van der Waals surface area contributed by atoms with Crippen LogP contribution in [0.3, 0.4) is 0 Å². The molecule has 1 atom stereocenters. The van der Waals surface area contributed by atoms with Crippen LogP contribution in [0.15, 0.2) is 5.11 Å². The highest BCUT2D eigenvalue weighted by molar-refractivity contribution is 5.82. The summed E-state index contributed by atoms with van der Waals surface area (Å²) in [6.07, 6.45) is 2.60. The van der Waals surface area contributed by atoms with Gasteiger partial charge in [-0.3, -0.25) is 4.79 Å². The monoisotopic (exact) mass is 154 g/mol. The highest BCUT2D eigenvalue weighted by atomic mass is 16.2. The maximum Gasteiger partial charge on any atom is 0.229 e. The summed E-state index contributed by atoms with van der Waals surface area (Å²) in [5, 5.41) is 6.07. The first-order valence-corrected chi connectivity index (χ1v) is 3.66. The molecule has 0 aromatic carbocycles. The number of carbonyl (C=O) groups is 1. The third-order valence-corrected chi connectivity index (χ3v) is 1.70. The van der Waals surface area contributed by atoms with Crippen LogP contribution in [0, 0.1) is 0 Å². The number of hydrogen-bond donors (Lipinski definition) is 1. The summed E-state index contributed by atoms with van der Waals surface area (Å²) in [6, 6.07) is -0.484. The molecule has 1 fully saturated rings. The van der Waals surface area contributed by atoms with E-state index in [9.17, 15) is 4.79 Å². The molecule has 0 radical (unpaired) electrons. The summed E-state index contributed by atoms with van der Waals surface area (Å²) in [5.74, 6) is -0.139. The van der Waals surface area contributed by atoms with Gasteiger partial charge in [-0.2, -0.15) is 0 Å². The van der Waals surface area contributed by atoms with Crippen molar-refractivity contribution in [2.45, 2.75) is 25.3 Å². The molecule has 0 aromatic rings. The van der Waals surface area contributed by atoms with Crippen LogP contribution in [0.1, 0.15) is 19.3 Å². The molecule has 11 heavy (non-hydrogen) atoms. The molecule has 1 N–H and O–H groups in total. The lowest BCUT2D eigenvalue weighted by Crippen LogP contribution is -2.31.